The molecule has 0 saturated heterocycles. The van der Waals surface area contributed by atoms with Gasteiger partial charge in [-0.2, -0.15) is 0 Å². The molecule has 0 saturated carbocycles. The van der Waals surface area contributed by atoms with Crippen molar-refractivity contribution in [1.82, 2.24) is 0 Å². The quantitative estimate of drug-likeness (QED) is 0.764. The van der Waals surface area contributed by atoms with Crippen LogP contribution >= 0.6 is 0 Å². The average Bonchev–Trinajstić information content (AvgIpc) is 2.61. The van der Waals surface area contributed by atoms with Crippen LogP contribution in [0.3, 0.4) is 0 Å². The normalized spacial score (nSPS) is 10.5. The highest BCUT2D eigenvalue weighted by molar-refractivity contribution is 5.95. The Hall–Kier alpha value is -2.89. The van der Waals surface area contributed by atoms with E-state index in [-0.39, 0.29) is 5.56 Å². The smallest absolute Gasteiger partial charge is 0.338 e. The molecular formula is C20H23FN2O3. The lowest BCUT2D eigenvalue weighted by Crippen LogP contribution is -2.30. The van der Waals surface area contributed by atoms with Gasteiger partial charge in [-0.1, -0.05) is 6.07 Å². The van der Waals surface area contributed by atoms with E-state index in [1.54, 1.807) is 12.1 Å². The molecular weight excluding hydrogens is 335 g/mol. The maximum Gasteiger partial charge on any atom is 0.338 e. The summed E-state index contributed by atoms with van der Waals surface area (Å²) in [7, 11) is 0. The van der Waals surface area contributed by atoms with E-state index in [9.17, 15) is 14.0 Å². The van der Waals surface area contributed by atoms with E-state index in [4.69, 9.17) is 4.74 Å². The minimum absolute atomic E-state index is 0.0653. The van der Waals surface area contributed by atoms with Crippen molar-refractivity contribution in [2.24, 2.45) is 0 Å². The number of hydrogen-bond acceptors (Lipinski definition) is 4. The molecule has 1 N–H and O–H groups in total. The molecule has 5 nitrogen and oxygen atoms in total. The van der Waals surface area contributed by atoms with E-state index in [2.05, 4.69) is 31.0 Å². The summed E-state index contributed by atoms with van der Waals surface area (Å²) in [6, 6.07) is 13.0. The van der Waals surface area contributed by atoms with E-state index in [1.807, 2.05) is 12.1 Å². The number of carbonyl (C=O) groups is 2. The van der Waals surface area contributed by atoms with Gasteiger partial charge in [-0.3, -0.25) is 4.79 Å². The number of rotatable bonds is 7. The zero-order valence-electron chi connectivity index (χ0n) is 15.2. The minimum Gasteiger partial charge on any atom is -0.452 e. The molecule has 0 unspecified atom stereocenters. The highest BCUT2D eigenvalue weighted by atomic mass is 19.1. The lowest BCUT2D eigenvalue weighted by Gasteiger charge is -2.27. The predicted molar refractivity (Wildman–Crippen MR) is 99.9 cm³/mol. The molecule has 2 rings (SSSR count). The molecule has 0 aliphatic carbocycles. The van der Waals surface area contributed by atoms with Crippen LogP contribution in [0.15, 0.2) is 48.5 Å². The number of halogens is 1. The van der Waals surface area contributed by atoms with Crippen LogP contribution in [-0.2, 0) is 9.53 Å². The summed E-state index contributed by atoms with van der Waals surface area (Å²) >= 11 is 0. The Morgan fingerprint density at radius 3 is 2.42 bits per heavy atom. The van der Waals surface area contributed by atoms with Crippen molar-refractivity contribution in [3.8, 4) is 0 Å². The van der Waals surface area contributed by atoms with Gasteiger partial charge in [0.1, 0.15) is 5.82 Å². The first-order valence-corrected chi connectivity index (χ1v) is 8.50. The number of nitrogens with zero attached hydrogens (tertiary/aromatic N) is 1. The first-order chi connectivity index (χ1) is 12.4. The molecule has 0 spiro atoms. The first-order valence-electron chi connectivity index (χ1n) is 8.50. The third kappa shape index (κ3) is 5.31. The van der Waals surface area contributed by atoms with Gasteiger partial charge in [-0.15, -0.1) is 0 Å². The van der Waals surface area contributed by atoms with Gasteiger partial charge in [0.25, 0.3) is 5.91 Å². The minimum atomic E-state index is -0.745. The van der Waals surface area contributed by atoms with Crippen molar-refractivity contribution in [3.05, 3.63) is 59.9 Å². The van der Waals surface area contributed by atoms with Crippen molar-refractivity contribution >= 4 is 23.3 Å². The van der Waals surface area contributed by atoms with Crippen LogP contribution in [-0.4, -0.2) is 31.1 Å². The lowest BCUT2D eigenvalue weighted by molar-refractivity contribution is -0.119. The largest absolute Gasteiger partial charge is 0.452 e. The number of nitrogens with one attached hydrogen (secondary N) is 1. The van der Waals surface area contributed by atoms with E-state index < -0.39 is 24.3 Å². The molecule has 0 aliphatic heterocycles. The Morgan fingerprint density at radius 2 is 1.85 bits per heavy atom. The second kappa shape index (κ2) is 8.99. The van der Waals surface area contributed by atoms with Crippen LogP contribution in [0.2, 0.25) is 0 Å². The molecule has 26 heavy (non-hydrogen) atoms. The average molecular weight is 358 g/mol. The summed E-state index contributed by atoms with van der Waals surface area (Å²) in [5.74, 6) is -1.74. The van der Waals surface area contributed by atoms with Crippen molar-refractivity contribution in [2.45, 2.75) is 26.8 Å². The summed E-state index contributed by atoms with van der Waals surface area (Å²) in [6.07, 6.45) is 0. The molecule has 6 heteroatoms. The van der Waals surface area contributed by atoms with E-state index in [0.717, 1.165) is 18.3 Å². The maximum atomic E-state index is 13.1. The molecule has 2 aromatic carbocycles. The number of anilines is 2. The van der Waals surface area contributed by atoms with Gasteiger partial charge in [0.15, 0.2) is 6.61 Å². The fraction of sp³-hybridized carbons (Fsp3) is 0.300. The predicted octanol–water partition coefficient (Wildman–Crippen LogP) is 3.86. The number of esters is 1. The molecule has 0 radical (unpaired) electrons. The van der Waals surface area contributed by atoms with Gasteiger partial charge >= 0.3 is 5.97 Å². The fourth-order valence-electron chi connectivity index (χ4n) is 2.61. The molecule has 138 valence electrons. The molecule has 0 bridgehead atoms. The Morgan fingerprint density at radius 1 is 1.15 bits per heavy atom. The highest BCUT2D eigenvalue weighted by Gasteiger charge is 2.12. The van der Waals surface area contributed by atoms with Gasteiger partial charge in [0.2, 0.25) is 0 Å². The number of amides is 1. The van der Waals surface area contributed by atoms with Crippen molar-refractivity contribution in [1.29, 1.82) is 0 Å². The summed E-state index contributed by atoms with van der Waals surface area (Å²) in [5, 5.41) is 2.66. The van der Waals surface area contributed by atoms with Crippen LogP contribution < -0.4 is 10.2 Å². The van der Waals surface area contributed by atoms with Crippen molar-refractivity contribution < 1.29 is 18.7 Å². The number of hydrogen-bond donors (Lipinski definition) is 1. The number of carbonyl (C=O) groups excluding carboxylic acids is 2. The highest BCUT2D eigenvalue weighted by Crippen LogP contribution is 2.19. The van der Waals surface area contributed by atoms with E-state index >= 15 is 0 Å². The Balaban J connectivity index is 1.88. The van der Waals surface area contributed by atoms with Gasteiger partial charge < -0.3 is 15.0 Å². The topological polar surface area (TPSA) is 58.6 Å². The zero-order valence-corrected chi connectivity index (χ0v) is 15.2. The van der Waals surface area contributed by atoms with Crippen LogP contribution in [0, 0.1) is 5.82 Å². The third-order valence-electron chi connectivity index (χ3n) is 3.84. The lowest BCUT2D eigenvalue weighted by atomic mass is 10.2. The van der Waals surface area contributed by atoms with Gasteiger partial charge in [-0.05, 0) is 63.2 Å². The van der Waals surface area contributed by atoms with E-state index in [0.29, 0.717) is 11.7 Å². The molecule has 0 atom stereocenters. The number of benzene rings is 2. The standard InChI is InChI=1S/C20H23FN2O3/c1-4-23(14(2)3)18-10-8-17(9-11-18)22-19(24)13-26-20(25)15-6-5-7-16(21)12-15/h5-12,14H,4,13H2,1-3H3,(H,22,24). The van der Waals surface area contributed by atoms with Crippen molar-refractivity contribution in [3.63, 3.8) is 0 Å². The molecule has 2 aromatic rings. The van der Waals surface area contributed by atoms with Crippen LogP contribution in [0.25, 0.3) is 0 Å². The first kappa shape index (κ1) is 19.4. The molecule has 0 fully saturated rings. The molecule has 0 aromatic heterocycles. The third-order valence-corrected chi connectivity index (χ3v) is 3.84. The summed E-state index contributed by atoms with van der Waals surface area (Å²) < 4.78 is 18.0. The molecule has 0 heterocycles. The van der Waals surface area contributed by atoms with Gasteiger partial charge in [0, 0.05) is 24.0 Å². The Bertz CT molecular complexity index is 760. The van der Waals surface area contributed by atoms with Crippen LogP contribution in [0.1, 0.15) is 31.1 Å². The fourth-order valence-corrected chi connectivity index (χ4v) is 2.61. The summed E-state index contributed by atoms with van der Waals surface area (Å²) in [6.45, 7) is 6.77. The molecule has 1 amide bonds. The van der Waals surface area contributed by atoms with E-state index in [1.165, 1.54) is 18.2 Å². The SMILES string of the molecule is CCN(c1ccc(NC(=O)COC(=O)c2cccc(F)c2)cc1)C(C)C. The second-order valence-corrected chi connectivity index (χ2v) is 6.06. The van der Waals surface area contributed by atoms with Crippen LogP contribution in [0.4, 0.5) is 15.8 Å². The van der Waals surface area contributed by atoms with Gasteiger partial charge in [0.05, 0.1) is 5.56 Å². The number of ether oxygens (including phenoxy) is 1. The van der Waals surface area contributed by atoms with Crippen LogP contribution in [0.5, 0.6) is 0 Å². The Kier molecular flexibility index (Phi) is 6.72. The summed E-state index contributed by atoms with van der Waals surface area (Å²) in [4.78, 5) is 25.9. The second-order valence-electron chi connectivity index (χ2n) is 6.06. The van der Waals surface area contributed by atoms with Gasteiger partial charge in [-0.25, -0.2) is 9.18 Å². The Labute approximate surface area is 152 Å². The summed E-state index contributed by atoms with van der Waals surface area (Å²) in [5.41, 5.74) is 1.74. The monoisotopic (exact) mass is 358 g/mol. The maximum absolute atomic E-state index is 13.1. The zero-order chi connectivity index (χ0) is 19.1. The molecule has 0 aliphatic rings. The van der Waals surface area contributed by atoms with Crippen molar-refractivity contribution in [2.75, 3.05) is 23.4 Å².